The highest BCUT2D eigenvalue weighted by Crippen LogP contribution is 2.48. The lowest BCUT2D eigenvalue weighted by Crippen LogP contribution is -2.09. The molecule has 1 saturated carbocycles. The Kier molecular flexibility index (Phi) is 1.91. The largest absolute Gasteiger partial charge is 0.481 e. The van der Waals surface area contributed by atoms with Gasteiger partial charge in [0.1, 0.15) is 0 Å². The van der Waals surface area contributed by atoms with Crippen molar-refractivity contribution in [3.63, 3.8) is 0 Å². The summed E-state index contributed by atoms with van der Waals surface area (Å²) in [5.74, 6) is 0.555. The van der Waals surface area contributed by atoms with E-state index in [0.29, 0.717) is 11.8 Å². The predicted molar refractivity (Wildman–Crippen MR) is 45.7 cm³/mol. The second-order valence-electron chi connectivity index (χ2n) is 3.89. The molecular formula is C10H14O2. The summed E-state index contributed by atoms with van der Waals surface area (Å²) in [6.07, 6.45) is 8.78. The van der Waals surface area contributed by atoms with Crippen LogP contribution in [-0.2, 0) is 4.79 Å². The third-order valence-corrected chi connectivity index (χ3v) is 3.07. The van der Waals surface area contributed by atoms with Crippen LogP contribution in [0, 0.1) is 17.8 Å². The molecule has 0 amide bonds. The molecule has 2 aliphatic rings. The first kappa shape index (κ1) is 7.84. The average Bonchev–Trinajstić information content (AvgIpc) is 2.84. The minimum absolute atomic E-state index is 0.0125. The molecule has 1 N–H and O–H groups in total. The number of carbonyl (C=O) groups is 1. The fraction of sp³-hybridized carbons (Fsp3) is 0.700. The number of rotatable bonds is 2. The zero-order chi connectivity index (χ0) is 8.55. The molecule has 1 fully saturated rings. The average molecular weight is 166 g/mol. The minimum atomic E-state index is -0.588. The number of allylic oxidation sites excluding steroid dienone is 2. The molecule has 0 aromatic carbocycles. The van der Waals surface area contributed by atoms with Crippen molar-refractivity contribution in [1.82, 2.24) is 0 Å². The van der Waals surface area contributed by atoms with Gasteiger partial charge in [-0.2, -0.15) is 0 Å². The molecule has 0 heterocycles. The number of aliphatic carboxylic acids is 1. The van der Waals surface area contributed by atoms with Crippen molar-refractivity contribution in [3.05, 3.63) is 12.2 Å². The summed E-state index contributed by atoms with van der Waals surface area (Å²) in [4.78, 5) is 10.6. The van der Waals surface area contributed by atoms with Crippen LogP contribution in [0.15, 0.2) is 12.2 Å². The molecule has 0 aromatic rings. The van der Waals surface area contributed by atoms with Crippen LogP contribution < -0.4 is 0 Å². The summed E-state index contributed by atoms with van der Waals surface area (Å²) in [7, 11) is 0. The van der Waals surface area contributed by atoms with Gasteiger partial charge in [-0.05, 0) is 37.5 Å². The number of carboxylic acid groups (broad SMARTS) is 1. The Morgan fingerprint density at radius 1 is 1.42 bits per heavy atom. The highest BCUT2D eigenvalue weighted by atomic mass is 16.4. The summed E-state index contributed by atoms with van der Waals surface area (Å²) in [5, 5.41) is 8.74. The Morgan fingerprint density at radius 2 is 2.25 bits per heavy atom. The molecule has 66 valence electrons. The Bertz CT molecular complexity index is 220. The molecule has 0 aliphatic heterocycles. The summed E-state index contributed by atoms with van der Waals surface area (Å²) in [6, 6.07) is 0. The fourth-order valence-corrected chi connectivity index (χ4v) is 2.23. The van der Waals surface area contributed by atoms with E-state index < -0.39 is 5.97 Å². The van der Waals surface area contributed by atoms with Gasteiger partial charge in [0.15, 0.2) is 0 Å². The van der Waals surface area contributed by atoms with E-state index in [4.69, 9.17) is 5.11 Å². The van der Waals surface area contributed by atoms with Crippen molar-refractivity contribution in [1.29, 1.82) is 0 Å². The van der Waals surface area contributed by atoms with Crippen molar-refractivity contribution in [2.45, 2.75) is 25.7 Å². The lowest BCUT2D eigenvalue weighted by Gasteiger charge is -2.16. The predicted octanol–water partition coefficient (Wildman–Crippen LogP) is 2.06. The molecule has 2 heteroatoms. The van der Waals surface area contributed by atoms with E-state index in [9.17, 15) is 4.79 Å². The molecule has 2 aliphatic carbocycles. The zero-order valence-electron chi connectivity index (χ0n) is 7.07. The van der Waals surface area contributed by atoms with Crippen LogP contribution in [0.5, 0.6) is 0 Å². The number of hydrogen-bond donors (Lipinski definition) is 1. The van der Waals surface area contributed by atoms with E-state index >= 15 is 0 Å². The van der Waals surface area contributed by atoms with Gasteiger partial charge < -0.3 is 5.11 Å². The third-order valence-electron chi connectivity index (χ3n) is 3.07. The van der Waals surface area contributed by atoms with Crippen LogP contribution in [0.3, 0.4) is 0 Å². The zero-order valence-corrected chi connectivity index (χ0v) is 7.07. The normalized spacial score (nSPS) is 39.5. The minimum Gasteiger partial charge on any atom is -0.481 e. The van der Waals surface area contributed by atoms with Gasteiger partial charge in [-0.1, -0.05) is 12.2 Å². The Balaban J connectivity index is 1.88. The standard InChI is InChI=1S/C10H14O2/c11-10(12)9-6-8(9)7-4-2-1-3-5-7/h1-2,7-9H,3-6H2,(H,11,12). The van der Waals surface area contributed by atoms with Gasteiger partial charge in [-0.3, -0.25) is 4.79 Å². The van der Waals surface area contributed by atoms with Gasteiger partial charge >= 0.3 is 5.97 Å². The third kappa shape index (κ3) is 1.38. The van der Waals surface area contributed by atoms with E-state index in [0.717, 1.165) is 19.3 Å². The number of hydrogen-bond acceptors (Lipinski definition) is 1. The molecule has 0 aromatic heterocycles. The van der Waals surface area contributed by atoms with Gasteiger partial charge in [0.2, 0.25) is 0 Å². The molecule has 12 heavy (non-hydrogen) atoms. The fourth-order valence-electron chi connectivity index (χ4n) is 2.23. The molecule has 3 unspecified atom stereocenters. The maximum atomic E-state index is 10.6. The molecule has 2 rings (SSSR count). The Labute approximate surface area is 72.3 Å². The smallest absolute Gasteiger partial charge is 0.306 e. The van der Waals surface area contributed by atoms with E-state index in [1.165, 1.54) is 6.42 Å². The summed E-state index contributed by atoms with van der Waals surface area (Å²) in [6.45, 7) is 0. The van der Waals surface area contributed by atoms with Crippen molar-refractivity contribution < 1.29 is 9.90 Å². The quantitative estimate of drug-likeness (QED) is 0.637. The maximum Gasteiger partial charge on any atom is 0.306 e. The van der Waals surface area contributed by atoms with Crippen molar-refractivity contribution in [2.24, 2.45) is 17.8 Å². The highest BCUT2D eigenvalue weighted by molar-refractivity contribution is 5.73. The maximum absolute atomic E-state index is 10.6. The summed E-state index contributed by atoms with van der Waals surface area (Å²) in [5.41, 5.74) is 0. The first-order valence-corrected chi connectivity index (χ1v) is 4.67. The van der Waals surface area contributed by atoms with Crippen LogP contribution in [0.1, 0.15) is 25.7 Å². The van der Waals surface area contributed by atoms with Crippen LogP contribution >= 0.6 is 0 Å². The second kappa shape index (κ2) is 2.92. The molecule has 0 spiro atoms. The van der Waals surface area contributed by atoms with Gasteiger partial charge in [-0.25, -0.2) is 0 Å². The molecule has 0 radical (unpaired) electrons. The van der Waals surface area contributed by atoms with E-state index in [2.05, 4.69) is 12.2 Å². The second-order valence-corrected chi connectivity index (χ2v) is 3.89. The van der Waals surface area contributed by atoms with Crippen molar-refractivity contribution >= 4 is 5.97 Å². The molecule has 0 saturated heterocycles. The number of carboxylic acids is 1. The van der Waals surface area contributed by atoms with E-state index in [1.807, 2.05) is 0 Å². The van der Waals surface area contributed by atoms with Crippen LogP contribution in [0.2, 0.25) is 0 Å². The van der Waals surface area contributed by atoms with Crippen LogP contribution in [0.4, 0.5) is 0 Å². The van der Waals surface area contributed by atoms with Crippen molar-refractivity contribution in [3.8, 4) is 0 Å². The lowest BCUT2D eigenvalue weighted by molar-refractivity contribution is -0.139. The topological polar surface area (TPSA) is 37.3 Å². The Morgan fingerprint density at radius 3 is 2.75 bits per heavy atom. The van der Waals surface area contributed by atoms with Gasteiger partial charge in [0, 0.05) is 0 Å². The van der Waals surface area contributed by atoms with Crippen LogP contribution in [0.25, 0.3) is 0 Å². The summed E-state index contributed by atoms with van der Waals surface area (Å²) >= 11 is 0. The van der Waals surface area contributed by atoms with Gasteiger partial charge in [0.05, 0.1) is 5.92 Å². The molecule has 2 nitrogen and oxygen atoms in total. The van der Waals surface area contributed by atoms with E-state index in [-0.39, 0.29) is 5.92 Å². The molecular weight excluding hydrogens is 152 g/mol. The van der Waals surface area contributed by atoms with Crippen LogP contribution in [-0.4, -0.2) is 11.1 Å². The Hall–Kier alpha value is -0.790. The van der Waals surface area contributed by atoms with Gasteiger partial charge in [0.25, 0.3) is 0 Å². The van der Waals surface area contributed by atoms with Crippen molar-refractivity contribution in [2.75, 3.05) is 0 Å². The monoisotopic (exact) mass is 166 g/mol. The van der Waals surface area contributed by atoms with E-state index in [1.54, 1.807) is 0 Å². The SMILES string of the molecule is O=C(O)C1CC1C1CC=CCC1. The first-order valence-electron chi connectivity index (χ1n) is 4.67. The lowest BCUT2D eigenvalue weighted by atomic mass is 9.89. The highest BCUT2D eigenvalue weighted by Gasteiger charge is 2.47. The molecule has 3 atom stereocenters. The summed E-state index contributed by atoms with van der Waals surface area (Å²) < 4.78 is 0. The van der Waals surface area contributed by atoms with Gasteiger partial charge in [-0.15, -0.1) is 0 Å². The molecule has 0 bridgehead atoms. The first-order chi connectivity index (χ1) is 5.79.